The van der Waals surface area contributed by atoms with E-state index >= 15 is 0 Å². The molecule has 3 aromatic rings. The van der Waals surface area contributed by atoms with E-state index in [2.05, 4.69) is 9.97 Å². The molecule has 100 valence electrons. The number of rotatable bonds is 3. The summed E-state index contributed by atoms with van der Waals surface area (Å²) in [7, 11) is 0. The van der Waals surface area contributed by atoms with Crippen molar-refractivity contribution in [2.75, 3.05) is 0 Å². The first-order chi connectivity index (χ1) is 9.74. The standard InChI is InChI=1S/C15H13N3OS/c1-11-5-4-8-18-14(19)9-12(17-15(11)18)10-20-13-6-2-3-7-16-13/h2-9H,10H2,1H3. The second-order valence-electron chi connectivity index (χ2n) is 4.43. The molecule has 0 aromatic carbocycles. The summed E-state index contributed by atoms with van der Waals surface area (Å²) in [4.78, 5) is 20.9. The minimum atomic E-state index is -0.0460. The molecule has 0 spiro atoms. The molecule has 0 saturated carbocycles. The van der Waals surface area contributed by atoms with Crippen molar-refractivity contribution in [1.82, 2.24) is 14.4 Å². The van der Waals surface area contributed by atoms with Crippen LogP contribution in [0.15, 0.2) is 58.6 Å². The number of nitrogens with zero attached hydrogens (tertiary/aromatic N) is 3. The summed E-state index contributed by atoms with van der Waals surface area (Å²) in [5.41, 5.74) is 2.45. The van der Waals surface area contributed by atoms with Crippen molar-refractivity contribution in [3.05, 3.63) is 70.4 Å². The number of aryl methyl sites for hydroxylation is 1. The van der Waals surface area contributed by atoms with E-state index < -0.39 is 0 Å². The van der Waals surface area contributed by atoms with Crippen LogP contribution < -0.4 is 5.56 Å². The molecule has 0 radical (unpaired) electrons. The van der Waals surface area contributed by atoms with Gasteiger partial charge in [-0.2, -0.15) is 0 Å². The minimum absolute atomic E-state index is 0.0460. The number of hydrogen-bond donors (Lipinski definition) is 0. The van der Waals surface area contributed by atoms with Gasteiger partial charge in [0.05, 0.1) is 10.7 Å². The molecule has 0 saturated heterocycles. The number of aromatic nitrogens is 3. The molecule has 0 atom stereocenters. The molecule has 0 unspecified atom stereocenters. The quantitative estimate of drug-likeness (QED) is 0.693. The fourth-order valence-electron chi connectivity index (χ4n) is 1.96. The van der Waals surface area contributed by atoms with Gasteiger partial charge < -0.3 is 0 Å². The summed E-state index contributed by atoms with van der Waals surface area (Å²) in [6, 6.07) is 11.2. The second kappa shape index (κ2) is 5.46. The zero-order chi connectivity index (χ0) is 13.9. The first-order valence-electron chi connectivity index (χ1n) is 6.26. The Morgan fingerprint density at radius 1 is 1.25 bits per heavy atom. The fourth-order valence-corrected chi connectivity index (χ4v) is 2.72. The zero-order valence-electron chi connectivity index (χ0n) is 11.0. The van der Waals surface area contributed by atoms with Crippen LogP contribution >= 0.6 is 11.8 Å². The van der Waals surface area contributed by atoms with E-state index in [-0.39, 0.29) is 5.56 Å². The van der Waals surface area contributed by atoms with Gasteiger partial charge in [-0.3, -0.25) is 9.20 Å². The van der Waals surface area contributed by atoms with E-state index in [1.165, 1.54) is 0 Å². The van der Waals surface area contributed by atoms with Gasteiger partial charge in [-0.15, -0.1) is 11.8 Å². The van der Waals surface area contributed by atoms with Crippen LogP contribution in [0.1, 0.15) is 11.3 Å². The molecule has 3 heterocycles. The highest BCUT2D eigenvalue weighted by Gasteiger charge is 2.05. The Balaban J connectivity index is 1.93. The Morgan fingerprint density at radius 3 is 2.95 bits per heavy atom. The molecule has 0 amide bonds. The Kier molecular flexibility index (Phi) is 3.52. The summed E-state index contributed by atoms with van der Waals surface area (Å²) < 4.78 is 1.57. The molecule has 0 N–H and O–H groups in total. The second-order valence-corrected chi connectivity index (χ2v) is 5.42. The minimum Gasteiger partial charge on any atom is -0.269 e. The Labute approximate surface area is 120 Å². The van der Waals surface area contributed by atoms with Crippen LogP contribution in [0.3, 0.4) is 0 Å². The van der Waals surface area contributed by atoms with Crippen molar-refractivity contribution < 1.29 is 0 Å². The first-order valence-corrected chi connectivity index (χ1v) is 7.24. The molecule has 4 nitrogen and oxygen atoms in total. The van der Waals surface area contributed by atoms with Crippen molar-refractivity contribution in [2.45, 2.75) is 17.7 Å². The number of fused-ring (bicyclic) bond motifs is 1. The predicted molar refractivity (Wildman–Crippen MR) is 80.0 cm³/mol. The third-order valence-corrected chi connectivity index (χ3v) is 3.92. The van der Waals surface area contributed by atoms with Crippen LogP contribution in [0, 0.1) is 6.92 Å². The lowest BCUT2D eigenvalue weighted by Crippen LogP contribution is -2.15. The molecule has 3 rings (SSSR count). The van der Waals surface area contributed by atoms with Crippen LogP contribution in [-0.2, 0) is 5.75 Å². The number of hydrogen-bond acceptors (Lipinski definition) is 4. The Morgan fingerprint density at radius 2 is 2.15 bits per heavy atom. The SMILES string of the molecule is Cc1cccn2c(=O)cc(CSc3ccccn3)nc12. The fraction of sp³-hybridized carbons (Fsp3) is 0.133. The van der Waals surface area contributed by atoms with E-state index in [0.29, 0.717) is 5.75 Å². The summed E-state index contributed by atoms with van der Waals surface area (Å²) >= 11 is 1.57. The molecule has 0 fully saturated rings. The summed E-state index contributed by atoms with van der Waals surface area (Å²) in [6.07, 6.45) is 3.50. The Hall–Kier alpha value is -2.14. The average molecular weight is 283 g/mol. The van der Waals surface area contributed by atoms with Gasteiger partial charge in [-0.05, 0) is 30.7 Å². The van der Waals surface area contributed by atoms with Gasteiger partial charge in [0.2, 0.25) is 0 Å². The zero-order valence-corrected chi connectivity index (χ0v) is 11.8. The molecule has 0 aliphatic heterocycles. The monoisotopic (exact) mass is 283 g/mol. The van der Waals surface area contributed by atoms with Crippen molar-refractivity contribution in [3.8, 4) is 0 Å². The third-order valence-electron chi connectivity index (χ3n) is 2.94. The van der Waals surface area contributed by atoms with Gasteiger partial charge in [-0.1, -0.05) is 12.1 Å². The smallest absolute Gasteiger partial charge is 0.258 e. The van der Waals surface area contributed by atoms with Gasteiger partial charge in [0, 0.05) is 24.2 Å². The third kappa shape index (κ3) is 2.58. The lowest BCUT2D eigenvalue weighted by atomic mass is 10.3. The summed E-state index contributed by atoms with van der Waals surface area (Å²) in [5, 5.41) is 0.930. The first kappa shape index (κ1) is 12.9. The van der Waals surface area contributed by atoms with Crippen LogP contribution in [-0.4, -0.2) is 14.4 Å². The van der Waals surface area contributed by atoms with Crippen molar-refractivity contribution in [2.24, 2.45) is 0 Å². The maximum atomic E-state index is 12.1. The largest absolute Gasteiger partial charge is 0.269 e. The van der Waals surface area contributed by atoms with E-state index in [0.717, 1.165) is 21.9 Å². The molecule has 5 heteroatoms. The lowest BCUT2D eigenvalue weighted by Gasteiger charge is -2.05. The number of thioether (sulfide) groups is 1. The normalized spacial score (nSPS) is 10.8. The van der Waals surface area contributed by atoms with E-state index in [4.69, 9.17) is 0 Å². The molecule has 0 bridgehead atoms. The van der Waals surface area contributed by atoms with Crippen LogP contribution in [0.4, 0.5) is 0 Å². The van der Waals surface area contributed by atoms with Gasteiger partial charge in [0.1, 0.15) is 5.65 Å². The topological polar surface area (TPSA) is 47.3 Å². The van der Waals surface area contributed by atoms with Crippen molar-refractivity contribution >= 4 is 17.4 Å². The molecule has 0 aliphatic carbocycles. The predicted octanol–water partition coefficient (Wildman–Crippen LogP) is 2.69. The van der Waals surface area contributed by atoms with Gasteiger partial charge >= 0.3 is 0 Å². The highest BCUT2D eigenvalue weighted by Crippen LogP contribution is 2.19. The molecule has 3 aromatic heterocycles. The molecule has 0 aliphatic rings. The summed E-state index contributed by atoms with van der Waals surface area (Å²) in [5.74, 6) is 0.636. The molecule has 20 heavy (non-hydrogen) atoms. The Bertz CT molecular complexity index is 799. The molecular formula is C15H13N3OS. The lowest BCUT2D eigenvalue weighted by molar-refractivity contribution is 0.999. The highest BCUT2D eigenvalue weighted by atomic mass is 32.2. The van der Waals surface area contributed by atoms with Crippen LogP contribution in [0.5, 0.6) is 0 Å². The van der Waals surface area contributed by atoms with Gasteiger partial charge in [0.25, 0.3) is 5.56 Å². The van der Waals surface area contributed by atoms with Crippen LogP contribution in [0.2, 0.25) is 0 Å². The van der Waals surface area contributed by atoms with Gasteiger partial charge in [0.15, 0.2) is 0 Å². The maximum absolute atomic E-state index is 12.1. The van der Waals surface area contributed by atoms with E-state index in [1.54, 1.807) is 34.6 Å². The van der Waals surface area contributed by atoms with Crippen molar-refractivity contribution in [3.63, 3.8) is 0 Å². The number of pyridine rings is 2. The van der Waals surface area contributed by atoms with E-state index in [9.17, 15) is 4.79 Å². The highest BCUT2D eigenvalue weighted by molar-refractivity contribution is 7.98. The van der Waals surface area contributed by atoms with Crippen LogP contribution in [0.25, 0.3) is 5.65 Å². The molecular weight excluding hydrogens is 270 g/mol. The average Bonchev–Trinajstić information content (AvgIpc) is 2.47. The van der Waals surface area contributed by atoms with Crippen molar-refractivity contribution in [1.29, 1.82) is 0 Å². The maximum Gasteiger partial charge on any atom is 0.258 e. The van der Waals surface area contributed by atoms with E-state index in [1.807, 2.05) is 37.3 Å². The summed E-state index contributed by atoms with van der Waals surface area (Å²) in [6.45, 7) is 1.96. The van der Waals surface area contributed by atoms with Gasteiger partial charge in [-0.25, -0.2) is 9.97 Å².